The third kappa shape index (κ3) is 6.23. The molecule has 0 aromatic heterocycles. The van der Waals surface area contributed by atoms with E-state index in [4.69, 9.17) is 0 Å². The minimum Gasteiger partial charge on any atom is -0.336 e. The maximum absolute atomic E-state index is 12.2. The van der Waals surface area contributed by atoms with Crippen LogP contribution in [-0.2, 0) is 21.8 Å². The standard InChI is InChI=1S/C21H26N2O2S/c1-4-18-7-5-6-8-19(18)22-20(24)13-23(3)21(25)15-26-14-17-11-9-16(2)10-12-17/h5-12H,4,13-15H2,1-3H3,(H,22,24). The second-order valence-corrected chi connectivity index (χ2v) is 7.27. The number of hydrogen-bond acceptors (Lipinski definition) is 3. The first kappa shape index (κ1) is 20.0. The van der Waals surface area contributed by atoms with Gasteiger partial charge in [0.05, 0.1) is 12.3 Å². The number of hydrogen-bond donors (Lipinski definition) is 1. The number of carbonyl (C=O) groups excluding carboxylic acids is 2. The molecule has 0 atom stereocenters. The molecule has 4 nitrogen and oxygen atoms in total. The van der Waals surface area contributed by atoms with Gasteiger partial charge in [-0.1, -0.05) is 55.0 Å². The molecule has 0 aliphatic heterocycles. The van der Waals surface area contributed by atoms with Gasteiger partial charge in [-0.05, 0) is 30.5 Å². The van der Waals surface area contributed by atoms with E-state index >= 15 is 0 Å². The number of anilines is 1. The fourth-order valence-electron chi connectivity index (χ4n) is 2.49. The van der Waals surface area contributed by atoms with Crippen LogP contribution in [0.1, 0.15) is 23.6 Å². The van der Waals surface area contributed by atoms with Gasteiger partial charge in [0.15, 0.2) is 0 Å². The summed E-state index contributed by atoms with van der Waals surface area (Å²) < 4.78 is 0. The van der Waals surface area contributed by atoms with E-state index in [-0.39, 0.29) is 18.4 Å². The fraction of sp³-hybridized carbons (Fsp3) is 0.333. The van der Waals surface area contributed by atoms with Crippen molar-refractivity contribution in [1.29, 1.82) is 0 Å². The first-order valence-corrected chi connectivity index (χ1v) is 9.90. The normalized spacial score (nSPS) is 10.4. The van der Waals surface area contributed by atoms with Crippen molar-refractivity contribution in [2.75, 3.05) is 24.7 Å². The van der Waals surface area contributed by atoms with Gasteiger partial charge >= 0.3 is 0 Å². The van der Waals surface area contributed by atoms with Crippen LogP contribution in [0, 0.1) is 6.92 Å². The molecule has 0 saturated heterocycles. The Balaban J connectivity index is 1.77. The minimum absolute atomic E-state index is 0.0407. The van der Waals surface area contributed by atoms with Crippen molar-refractivity contribution in [2.45, 2.75) is 26.0 Å². The summed E-state index contributed by atoms with van der Waals surface area (Å²) in [5.41, 5.74) is 4.33. The van der Waals surface area contributed by atoms with Crippen LogP contribution >= 0.6 is 11.8 Å². The maximum atomic E-state index is 12.2. The average Bonchev–Trinajstić information content (AvgIpc) is 2.63. The summed E-state index contributed by atoms with van der Waals surface area (Å²) in [5, 5.41) is 2.89. The van der Waals surface area contributed by atoms with Crippen molar-refractivity contribution in [3.63, 3.8) is 0 Å². The lowest BCUT2D eigenvalue weighted by atomic mass is 10.1. The molecule has 2 aromatic carbocycles. The molecule has 2 amide bonds. The van der Waals surface area contributed by atoms with E-state index in [2.05, 4.69) is 36.5 Å². The predicted molar refractivity (Wildman–Crippen MR) is 109 cm³/mol. The van der Waals surface area contributed by atoms with Crippen molar-refractivity contribution in [2.24, 2.45) is 0 Å². The molecule has 2 rings (SSSR count). The first-order chi connectivity index (χ1) is 12.5. The summed E-state index contributed by atoms with van der Waals surface area (Å²) in [6, 6.07) is 16.0. The van der Waals surface area contributed by atoms with Gasteiger partial charge in [0.1, 0.15) is 0 Å². The summed E-state index contributed by atoms with van der Waals surface area (Å²) in [4.78, 5) is 25.9. The van der Waals surface area contributed by atoms with Gasteiger partial charge in [-0.2, -0.15) is 0 Å². The predicted octanol–water partition coefficient (Wildman–Crippen LogP) is 3.89. The van der Waals surface area contributed by atoms with E-state index in [0.29, 0.717) is 5.75 Å². The Kier molecular flexibility index (Phi) is 7.73. The van der Waals surface area contributed by atoms with Crippen molar-refractivity contribution >= 4 is 29.3 Å². The second kappa shape index (κ2) is 10.0. The van der Waals surface area contributed by atoms with E-state index < -0.39 is 0 Å². The Bertz CT molecular complexity index is 744. The van der Waals surface area contributed by atoms with Crippen LogP contribution in [0.5, 0.6) is 0 Å². The molecule has 0 unspecified atom stereocenters. The van der Waals surface area contributed by atoms with Gasteiger partial charge in [-0.15, -0.1) is 11.8 Å². The molecule has 0 aliphatic carbocycles. The Labute approximate surface area is 160 Å². The van der Waals surface area contributed by atoms with Gasteiger partial charge < -0.3 is 10.2 Å². The van der Waals surface area contributed by atoms with E-state index in [0.717, 1.165) is 23.4 Å². The Hall–Kier alpha value is -2.27. The molecule has 0 spiro atoms. The number of para-hydroxylation sites is 1. The van der Waals surface area contributed by atoms with E-state index in [9.17, 15) is 9.59 Å². The van der Waals surface area contributed by atoms with Crippen LogP contribution < -0.4 is 5.32 Å². The highest BCUT2D eigenvalue weighted by Gasteiger charge is 2.14. The fourth-order valence-corrected chi connectivity index (χ4v) is 3.42. The van der Waals surface area contributed by atoms with Gasteiger partial charge in [0.25, 0.3) is 0 Å². The molecular weight excluding hydrogens is 344 g/mol. The molecule has 138 valence electrons. The number of benzene rings is 2. The highest BCUT2D eigenvalue weighted by Crippen LogP contribution is 2.16. The van der Waals surface area contributed by atoms with Gasteiger partial charge in [-0.25, -0.2) is 0 Å². The van der Waals surface area contributed by atoms with Gasteiger partial charge in [0, 0.05) is 18.5 Å². The smallest absolute Gasteiger partial charge is 0.243 e. The molecule has 26 heavy (non-hydrogen) atoms. The largest absolute Gasteiger partial charge is 0.336 e. The van der Waals surface area contributed by atoms with E-state index in [1.807, 2.05) is 31.2 Å². The Morgan fingerprint density at radius 2 is 1.77 bits per heavy atom. The van der Waals surface area contributed by atoms with Crippen molar-refractivity contribution in [3.05, 3.63) is 65.2 Å². The van der Waals surface area contributed by atoms with Crippen molar-refractivity contribution in [3.8, 4) is 0 Å². The second-order valence-electron chi connectivity index (χ2n) is 6.29. The maximum Gasteiger partial charge on any atom is 0.243 e. The summed E-state index contributed by atoms with van der Waals surface area (Å²) in [6.07, 6.45) is 0.848. The summed E-state index contributed by atoms with van der Waals surface area (Å²) in [7, 11) is 1.67. The molecule has 0 fully saturated rings. The average molecular weight is 371 g/mol. The third-order valence-corrected chi connectivity index (χ3v) is 5.08. The van der Waals surface area contributed by atoms with Crippen LogP contribution in [0.2, 0.25) is 0 Å². The summed E-state index contributed by atoms with van der Waals surface area (Å²) >= 11 is 1.56. The van der Waals surface area contributed by atoms with Crippen molar-refractivity contribution in [1.82, 2.24) is 4.90 Å². The van der Waals surface area contributed by atoms with E-state index in [1.54, 1.807) is 18.8 Å². The van der Waals surface area contributed by atoms with Crippen molar-refractivity contribution < 1.29 is 9.59 Å². The summed E-state index contributed by atoms with van der Waals surface area (Å²) in [6.45, 7) is 4.16. The number of rotatable bonds is 8. The molecule has 0 heterocycles. The number of likely N-dealkylation sites (N-methyl/N-ethyl adjacent to an activating group) is 1. The van der Waals surface area contributed by atoms with Crippen LogP contribution in [0.4, 0.5) is 5.69 Å². The number of nitrogens with one attached hydrogen (secondary N) is 1. The molecule has 0 saturated carbocycles. The third-order valence-electron chi connectivity index (χ3n) is 4.09. The Morgan fingerprint density at radius 1 is 1.08 bits per heavy atom. The molecule has 1 N–H and O–H groups in total. The highest BCUT2D eigenvalue weighted by molar-refractivity contribution is 7.99. The zero-order valence-corrected chi connectivity index (χ0v) is 16.4. The minimum atomic E-state index is -0.176. The van der Waals surface area contributed by atoms with Crippen LogP contribution in [0.15, 0.2) is 48.5 Å². The zero-order valence-electron chi connectivity index (χ0n) is 15.6. The van der Waals surface area contributed by atoms with Crippen LogP contribution in [-0.4, -0.2) is 36.1 Å². The van der Waals surface area contributed by atoms with Crippen LogP contribution in [0.25, 0.3) is 0 Å². The summed E-state index contributed by atoms with van der Waals surface area (Å²) in [5.74, 6) is 0.936. The number of amides is 2. The molecular formula is C21H26N2O2S. The molecule has 0 radical (unpaired) electrons. The number of carbonyl (C=O) groups is 2. The van der Waals surface area contributed by atoms with Gasteiger partial charge in [0.2, 0.25) is 11.8 Å². The molecule has 0 bridgehead atoms. The number of aryl methyl sites for hydroxylation is 2. The van der Waals surface area contributed by atoms with E-state index in [1.165, 1.54) is 16.0 Å². The van der Waals surface area contributed by atoms with Gasteiger partial charge in [-0.3, -0.25) is 9.59 Å². The molecule has 0 aliphatic rings. The zero-order chi connectivity index (χ0) is 18.9. The first-order valence-electron chi connectivity index (χ1n) is 8.74. The molecule has 5 heteroatoms. The number of thioether (sulfide) groups is 1. The SMILES string of the molecule is CCc1ccccc1NC(=O)CN(C)C(=O)CSCc1ccc(C)cc1. The lowest BCUT2D eigenvalue weighted by molar-refractivity contribution is -0.131. The quantitative estimate of drug-likeness (QED) is 0.767. The monoisotopic (exact) mass is 370 g/mol. The molecule has 2 aromatic rings. The van der Waals surface area contributed by atoms with Crippen LogP contribution in [0.3, 0.4) is 0 Å². The number of nitrogens with zero attached hydrogens (tertiary/aromatic N) is 1. The lowest BCUT2D eigenvalue weighted by Crippen LogP contribution is -2.36. The lowest BCUT2D eigenvalue weighted by Gasteiger charge is -2.17. The highest BCUT2D eigenvalue weighted by atomic mass is 32.2. The topological polar surface area (TPSA) is 49.4 Å². The Morgan fingerprint density at radius 3 is 2.46 bits per heavy atom.